The molecule has 154 valence electrons. The van der Waals surface area contributed by atoms with E-state index in [0.29, 0.717) is 17.3 Å². The summed E-state index contributed by atoms with van der Waals surface area (Å²) in [5.41, 5.74) is 5.52. The van der Waals surface area contributed by atoms with Gasteiger partial charge in [-0.1, -0.05) is 19.9 Å². The van der Waals surface area contributed by atoms with Crippen LogP contribution in [0.4, 0.5) is 0 Å². The van der Waals surface area contributed by atoms with Crippen LogP contribution in [-0.4, -0.2) is 15.4 Å². The quantitative estimate of drug-likeness (QED) is 0.459. The van der Waals surface area contributed by atoms with Crippen molar-refractivity contribution in [2.24, 2.45) is 0 Å². The van der Waals surface area contributed by atoms with Gasteiger partial charge in [0.1, 0.15) is 17.8 Å². The van der Waals surface area contributed by atoms with E-state index in [4.69, 9.17) is 9.15 Å². The summed E-state index contributed by atoms with van der Waals surface area (Å²) in [6, 6.07) is 10.9. The summed E-state index contributed by atoms with van der Waals surface area (Å²) in [5.74, 6) is -0.0125. The average Bonchev–Trinajstić information content (AvgIpc) is 3.06. The van der Waals surface area contributed by atoms with Crippen LogP contribution in [0.25, 0.3) is 16.6 Å². The van der Waals surface area contributed by atoms with E-state index in [0.717, 1.165) is 22.2 Å². The number of aryl methyl sites for hydroxylation is 2. The predicted molar refractivity (Wildman–Crippen MR) is 115 cm³/mol. The zero-order valence-electron chi connectivity index (χ0n) is 17.6. The number of ether oxygens (including phenoxy) is 1. The van der Waals surface area contributed by atoms with E-state index in [1.54, 1.807) is 12.3 Å². The van der Waals surface area contributed by atoms with Crippen LogP contribution in [0.2, 0.25) is 0 Å². The van der Waals surface area contributed by atoms with Crippen molar-refractivity contribution in [2.75, 3.05) is 0 Å². The molecule has 0 saturated heterocycles. The third kappa shape index (κ3) is 3.73. The Morgan fingerprint density at radius 3 is 2.77 bits per heavy atom. The lowest BCUT2D eigenvalue weighted by atomic mass is 9.95. The van der Waals surface area contributed by atoms with Gasteiger partial charge in [-0.15, -0.1) is 0 Å². The Hall–Kier alpha value is -3.41. The van der Waals surface area contributed by atoms with E-state index in [1.165, 1.54) is 21.6 Å². The molecule has 0 atom stereocenters. The number of carbonyl (C=O) groups excluding carboxylic acids is 1. The fourth-order valence-corrected chi connectivity index (χ4v) is 3.80. The molecule has 6 heteroatoms. The molecule has 0 bridgehead atoms. The molecule has 6 nitrogen and oxygen atoms in total. The van der Waals surface area contributed by atoms with Crippen molar-refractivity contribution in [3.63, 3.8) is 0 Å². The predicted octanol–water partition coefficient (Wildman–Crippen LogP) is 4.47. The Kier molecular flexibility index (Phi) is 5.16. The normalized spacial score (nSPS) is 11.5. The van der Waals surface area contributed by atoms with Crippen LogP contribution in [0.3, 0.4) is 0 Å². The van der Waals surface area contributed by atoms with Crippen LogP contribution < -0.4 is 5.56 Å². The molecule has 4 rings (SSSR count). The van der Waals surface area contributed by atoms with Crippen molar-refractivity contribution in [3.8, 4) is 0 Å². The highest BCUT2D eigenvalue weighted by Crippen LogP contribution is 2.29. The summed E-state index contributed by atoms with van der Waals surface area (Å²) in [7, 11) is 0. The molecule has 0 spiro atoms. The first kappa shape index (κ1) is 19.9. The van der Waals surface area contributed by atoms with Gasteiger partial charge in [-0.25, -0.2) is 4.98 Å². The van der Waals surface area contributed by atoms with Gasteiger partial charge in [-0.3, -0.25) is 14.0 Å². The summed E-state index contributed by atoms with van der Waals surface area (Å²) >= 11 is 0. The molecule has 0 fully saturated rings. The number of rotatable bonds is 5. The van der Waals surface area contributed by atoms with Crippen molar-refractivity contribution in [2.45, 2.75) is 46.6 Å². The summed E-state index contributed by atoms with van der Waals surface area (Å²) in [6.07, 6.45) is 1.71. The van der Waals surface area contributed by atoms with Gasteiger partial charge in [-0.2, -0.15) is 0 Å². The number of benzene rings is 1. The van der Waals surface area contributed by atoms with Gasteiger partial charge >= 0.3 is 5.97 Å². The molecule has 30 heavy (non-hydrogen) atoms. The lowest BCUT2D eigenvalue weighted by Crippen LogP contribution is -2.18. The van der Waals surface area contributed by atoms with E-state index < -0.39 is 5.97 Å². The lowest BCUT2D eigenvalue weighted by molar-refractivity contribution is -0.144. The molecule has 1 aromatic carbocycles. The maximum Gasteiger partial charge on any atom is 0.310 e. The number of pyridine rings is 1. The van der Waals surface area contributed by atoms with Crippen molar-refractivity contribution in [1.29, 1.82) is 0 Å². The zero-order valence-corrected chi connectivity index (χ0v) is 17.6. The van der Waals surface area contributed by atoms with Crippen LogP contribution in [0.15, 0.2) is 51.9 Å². The van der Waals surface area contributed by atoms with Crippen molar-refractivity contribution < 1.29 is 13.9 Å². The van der Waals surface area contributed by atoms with Crippen LogP contribution in [0.1, 0.15) is 47.8 Å². The van der Waals surface area contributed by atoms with Gasteiger partial charge in [0.25, 0.3) is 5.56 Å². The number of hydrogen-bond acceptors (Lipinski definition) is 5. The van der Waals surface area contributed by atoms with Gasteiger partial charge < -0.3 is 9.15 Å². The number of carbonyl (C=O) groups is 1. The summed E-state index contributed by atoms with van der Waals surface area (Å²) in [6.45, 7) is 8.14. The Bertz CT molecular complexity index is 1310. The van der Waals surface area contributed by atoms with E-state index in [9.17, 15) is 9.59 Å². The molecule has 3 heterocycles. The third-order valence-corrected chi connectivity index (χ3v) is 5.31. The monoisotopic (exact) mass is 404 g/mol. The molecule has 3 aromatic heterocycles. The average molecular weight is 404 g/mol. The number of furan rings is 1. The Labute approximate surface area is 174 Å². The van der Waals surface area contributed by atoms with Gasteiger partial charge in [0.15, 0.2) is 0 Å². The second kappa shape index (κ2) is 7.78. The highest BCUT2D eigenvalue weighted by molar-refractivity contribution is 5.87. The van der Waals surface area contributed by atoms with E-state index in [1.807, 2.05) is 25.1 Å². The van der Waals surface area contributed by atoms with Gasteiger partial charge in [0, 0.05) is 22.7 Å². The third-order valence-electron chi connectivity index (χ3n) is 5.31. The molecule has 0 N–H and O–H groups in total. The van der Waals surface area contributed by atoms with Crippen LogP contribution in [0, 0.1) is 13.8 Å². The molecular weight excluding hydrogens is 380 g/mol. The number of esters is 1. The fourth-order valence-electron chi connectivity index (χ4n) is 3.80. The number of nitrogens with zero attached hydrogens (tertiary/aromatic N) is 2. The Balaban J connectivity index is 1.51. The largest absolute Gasteiger partial charge is 0.464 e. The molecule has 0 saturated carbocycles. The second-order valence-corrected chi connectivity index (χ2v) is 7.90. The molecule has 0 amide bonds. The Morgan fingerprint density at radius 1 is 1.20 bits per heavy atom. The van der Waals surface area contributed by atoms with Gasteiger partial charge in [0.05, 0.1) is 18.4 Å². The maximum absolute atomic E-state index is 12.4. The SMILES string of the molecule is Cc1cc2occ(CC(=O)OCc3cc(=O)n4c(C)cccc4n3)c2cc1C(C)C. The van der Waals surface area contributed by atoms with E-state index >= 15 is 0 Å². The van der Waals surface area contributed by atoms with Crippen LogP contribution in [0.5, 0.6) is 0 Å². The van der Waals surface area contributed by atoms with Crippen molar-refractivity contribution >= 4 is 22.6 Å². The minimum absolute atomic E-state index is 0.0509. The fraction of sp³-hybridized carbons (Fsp3) is 0.292. The minimum Gasteiger partial charge on any atom is -0.464 e. The van der Waals surface area contributed by atoms with Gasteiger partial charge in [0.2, 0.25) is 0 Å². The topological polar surface area (TPSA) is 73.8 Å². The highest BCUT2D eigenvalue weighted by atomic mass is 16.5. The molecule has 0 aliphatic carbocycles. The molecular formula is C24H24N2O4. The van der Waals surface area contributed by atoms with E-state index in [2.05, 4.69) is 31.8 Å². The second-order valence-electron chi connectivity index (χ2n) is 7.90. The molecule has 0 radical (unpaired) electrons. The first-order valence-corrected chi connectivity index (χ1v) is 9.98. The molecule has 0 unspecified atom stereocenters. The Morgan fingerprint density at radius 2 is 2.00 bits per heavy atom. The van der Waals surface area contributed by atoms with Gasteiger partial charge in [-0.05, 0) is 55.2 Å². The zero-order chi connectivity index (χ0) is 21.4. The van der Waals surface area contributed by atoms with Crippen molar-refractivity contribution in [1.82, 2.24) is 9.38 Å². The molecule has 0 aliphatic heterocycles. The summed E-state index contributed by atoms with van der Waals surface area (Å²) in [4.78, 5) is 29.2. The number of aromatic nitrogens is 2. The van der Waals surface area contributed by atoms with Crippen molar-refractivity contribution in [3.05, 3.63) is 81.1 Å². The minimum atomic E-state index is -0.393. The first-order chi connectivity index (χ1) is 14.3. The van der Waals surface area contributed by atoms with Crippen LogP contribution >= 0.6 is 0 Å². The number of hydrogen-bond donors (Lipinski definition) is 0. The highest BCUT2D eigenvalue weighted by Gasteiger charge is 2.15. The molecule has 0 aliphatic rings. The first-order valence-electron chi connectivity index (χ1n) is 9.98. The smallest absolute Gasteiger partial charge is 0.310 e. The summed E-state index contributed by atoms with van der Waals surface area (Å²) in [5, 5.41) is 0.929. The van der Waals surface area contributed by atoms with E-state index in [-0.39, 0.29) is 18.6 Å². The van der Waals surface area contributed by atoms with Crippen LogP contribution in [-0.2, 0) is 22.6 Å². The summed E-state index contributed by atoms with van der Waals surface area (Å²) < 4.78 is 12.6. The maximum atomic E-state index is 12.4. The lowest BCUT2D eigenvalue weighted by Gasteiger charge is -2.10. The number of fused-ring (bicyclic) bond motifs is 2. The standard InChI is InChI=1S/C24H24N2O4/c1-14(2)19-11-20-17(12-29-21(20)8-15(19)3)9-24(28)30-13-18-10-23(27)26-16(4)6-5-7-22(26)25-18/h5-8,10-12,14H,9,13H2,1-4H3. The molecule has 4 aromatic rings.